The van der Waals surface area contributed by atoms with E-state index < -0.39 is 0 Å². The van der Waals surface area contributed by atoms with Crippen LogP contribution >= 0.6 is 0 Å². The maximum atomic E-state index is 4.08. The van der Waals surface area contributed by atoms with Gasteiger partial charge in [0, 0.05) is 26.3 Å². The second-order valence-corrected chi connectivity index (χ2v) is 4.09. The minimum absolute atomic E-state index is 0.852. The van der Waals surface area contributed by atoms with Crippen molar-refractivity contribution in [2.45, 2.75) is 20.0 Å². The first-order valence-corrected chi connectivity index (χ1v) is 5.47. The fraction of sp³-hybridized carbons (Fsp3) is 0.308. The molecule has 2 rings (SSSR count). The molecule has 1 heterocycles. The lowest BCUT2D eigenvalue weighted by Gasteiger charge is -2.05. The van der Waals surface area contributed by atoms with Crippen LogP contribution in [0.3, 0.4) is 0 Å². The average Bonchev–Trinajstić information content (AvgIpc) is 2.68. The highest BCUT2D eigenvalue weighted by atomic mass is 15.0. The highest BCUT2D eigenvalue weighted by Gasteiger charge is 1.97. The summed E-state index contributed by atoms with van der Waals surface area (Å²) in [6.07, 6.45) is 3.71. The molecule has 1 aromatic heterocycles. The number of aryl methyl sites for hydroxylation is 2. The van der Waals surface area contributed by atoms with Gasteiger partial charge in [0.25, 0.3) is 0 Å². The van der Waals surface area contributed by atoms with Crippen LogP contribution in [-0.4, -0.2) is 9.55 Å². The number of rotatable bonds is 4. The first-order chi connectivity index (χ1) is 7.75. The molecular formula is C13H17N3. The molecule has 16 heavy (non-hydrogen) atoms. The number of benzene rings is 1. The van der Waals surface area contributed by atoms with Crippen molar-refractivity contribution >= 4 is 0 Å². The number of imidazole rings is 1. The van der Waals surface area contributed by atoms with Crippen LogP contribution in [0.5, 0.6) is 0 Å². The molecule has 1 aromatic carbocycles. The summed E-state index contributed by atoms with van der Waals surface area (Å²) in [5, 5.41) is 3.40. The van der Waals surface area contributed by atoms with Gasteiger partial charge in [-0.15, -0.1) is 0 Å². The summed E-state index contributed by atoms with van der Waals surface area (Å²) in [6, 6.07) is 8.60. The highest BCUT2D eigenvalue weighted by Crippen LogP contribution is 2.03. The molecule has 0 bridgehead atoms. The van der Waals surface area contributed by atoms with Gasteiger partial charge in [0.05, 0.1) is 12.0 Å². The van der Waals surface area contributed by atoms with Gasteiger partial charge in [-0.2, -0.15) is 0 Å². The monoisotopic (exact) mass is 215 g/mol. The zero-order valence-electron chi connectivity index (χ0n) is 9.77. The van der Waals surface area contributed by atoms with Gasteiger partial charge in [-0.3, -0.25) is 0 Å². The topological polar surface area (TPSA) is 29.9 Å². The van der Waals surface area contributed by atoms with Crippen LogP contribution in [0.4, 0.5) is 0 Å². The summed E-state index contributed by atoms with van der Waals surface area (Å²) < 4.78 is 2.03. The molecule has 3 heteroatoms. The molecule has 0 aliphatic rings. The maximum Gasteiger partial charge on any atom is 0.0945 e. The molecule has 0 fully saturated rings. The van der Waals surface area contributed by atoms with Gasteiger partial charge < -0.3 is 9.88 Å². The van der Waals surface area contributed by atoms with Crippen LogP contribution in [0.25, 0.3) is 0 Å². The van der Waals surface area contributed by atoms with E-state index in [-0.39, 0.29) is 0 Å². The van der Waals surface area contributed by atoms with Crippen LogP contribution in [0.15, 0.2) is 36.8 Å². The van der Waals surface area contributed by atoms with Crippen LogP contribution in [0.2, 0.25) is 0 Å². The van der Waals surface area contributed by atoms with Crippen molar-refractivity contribution < 1.29 is 0 Å². The lowest BCUT2D eigenvalue weighted by atomic mass is 10.1. The fourth-order valence-electron chi connectivity index (χ4n) is 1.60. The van der Waals surface area contributed by atoms with E-state index >= 15 is 0 Å². The predicted octanol–water partition coefficient (Wildman–Crippen LogP) is 2.02. The van der Waals surface area contributed by atoms with Gasteiger partial charge in [-0.25, -0.2) is 4.98 Å². The van der Waals surface area contributed by atoms with E-state index in [1.807, 2.05) is 24.1 Å². The van der Waals surface area contributed by atoms with E-state index in [1.165, 1.54) is 16.8 Å². The minimum Gasteiger partial charge on any atom is -0.337 e. The summed E-state index contributed by atoms with van der Waals surface area (Å²) in [7, 11) is 2.01. The molecule has 0 saturated carbocycles. The number of aromatic nitrogens is 2. The number of nitrogens with one attached hydrogen (secondary N) is 1. The normalized spacial score (nSPS) is 10.6. The van der Waals surface area contributed by atoms with Crippen LogP contribution in [-0.2, 0) is 20.1 Å². The Morgan fingerprint density at radius 2 is 1.94 bits per heavy atom. The third-order valence-corrected chi connectivity index (χ3v) is 2.67. The largest absolute Gasteiger partial charge is 0.337 e. The lowest BCUT2D eigenvalue weighted by Crippen LogP contribution is -2.14. The van der Waals surface area contributed by atoms with E-state index in [1.54, 1.807) is 0 Å². The molecule has 0 amide bonds. The SMILES string of the molecule is Cc1ccc(CNCc2cncn2C)cc1. The molecule has 1 N–H and O–H groups in total. The van der Waals surface area contributed by atoms with Crippen molar-refractivity contribution in [1.29, 1.82) is 0 Å². The molecule has 0 atom stereocenters. The van der Waals surface area contributed by atoms with Crippen molar-refractivity contribution in [3.63, 3.8) is 0 Å². The fourth-order valence-corrected chi connectivity index (χ4v) is 1.60. The average molecular weight is 215 g/mol. The lowest BCUT2D eigenvalue weighted by molar-refractivity contribution is 0.655. The van der Waals surface area contributed by atoms with E-state index in [2.05, 4.69) is 41.5 Å². The molecule has 2 aromatic rings. The van der Waals surface area contributed by atoms with E-state index in [9.17, 15) is 0 Å². The standard InChI is InChI=1S/C13H17N3/c1-11-3-5-12(6-4-11)7-14-8-13-9-15-10-16(13)2/h3-6,9-10,14H,7-8H2,1-2H3. The van der Waals surface area contributed by atoms with Crippen molar-refractivity contribution in [3.8, 4) is 0 Å². The number of hydrogen-bond donors (Lipinski definition) is 1. The highest BCUT2D eigenvalue weighted by molar-refractivity contribution is 5.21. The van der Waals surface area contributed by atoms with Crippen molar-refractivity contribution in [2.75, 3.05) is 0 Å². The molecule has 0 aliphatic carbocycles. The second-order valence-electron chi connectivity index (χ2n) is 4.09. The van der Waals surface area contributed by atoms with Crippen molar-refractivity contribution in [1.82, 2.24) is 14.9 Å². The third-order valence-electron chi connectivity index (χ3n) is 2.67. The Morgan fingerprint density at radius 1 is 1.19 bits per heavy atom. The van der Waals surface area contributed by atoms with Crippen LogP contribution in [0.1, 0.15) is 16.8 Å². The Hall–Kier alpha value is -1.61. The van der Waals surface area contributed by atoms with E-state index in [0.29, 0.717) is 0 Å². The third kappa shape index (κ3) is 2.70. The Morgan fingerprint density at radius 3 is 2.56 bits per heavy atom. The summed E-state index contributed by atoms with van der Waals surface area (Å²) >= 11 is 0. The second kappa shape index (κ2) is 4.94. The smallest absolute Gasteiger partial charge is 0.0945 e. The van der Waals surface area contributed by atoms with Crippen LogP contribution < -0.4 is 5.32 Å². The summed E-state index contributed by atoms with van der Waals surface area (Å²) in [5.74, 6) is 0. The molecule has 0 radical (unpaired) electrons. The summed E-state index contributed by atoms with van der Waals surface area (Å²) in [4.78, 5) is 4.08. The van der Waals surface area contributed by atoms with Gasteiger partial charge in [-0.1, -0.05) is 29.8 Å². The minimum atomic E-state index is 0.852. The Kier molecular flexibility index (Phi) is 3.37. The molecule has 0 unspecified atom stereocenters. The summed E-state index contributed by atoms with van der Waals surface area (Å²) in [5.41, 5.74) is 3.82. The van der Waals surface area contributed by atoms with Gasteiger partial charge in [-0.05, 0) is 12.5 Å². The first kappa shape index (κ1) is 10.9. The maximum absolute atomic E-state index is 4.08. The number of hydrogen-bond acceptors (Lipinski definition) is 2. The molecule has 0 saturated heterocycles. The van der Waals surface area contributed by atoms with Crippen molar-refractivity contribution in [2.24, 2.45) is 7.05 Å². The quantitative estimate of drug-likeness (QED) is 0.845. The van der Waals surface area contributed by atoms with E-state index in [0.717, 1.165) is 13.1 Å². The van der Waals surface area contributed by atoms with Crippen LogP contribution in [0, 0.1) is 6.92 Å². The first-order valence-electron chi connectivity index (χ1n) is 5.47. The number of nitrogens with zero attached hydrogens (tertiary/aromatic N) is 2. The van der Waals surface area contributed by atoms with E-state index in [4.69, 9.17) is 0 Å². The van der Waals surface area contributed by atoms with Gasteiger partial charge >= 0.3 is 0 Å². The van der Waals surface area contributed by atoms with Gasteiger partial charge in [0.15, 0.2) is 0 Å². The Balaban J connectivity index is 1.84. The molecule has 0 spiro atoms. The van der Waals surface area contributed by atoms with Gasteiger partial charge in [0.1, 0.15) is 0 Å². The summed E-state index contributed by atoms with van der Waals surface area (Å²) in [6.45, 7) is 3.85. The predicted molar refractivity (Wildman–Crippen MR) is 64.9 cm³/mol. The van der Waals surface area contributed by atoms with Gasteiger partial charge in [0.2, 0.25) is 0 Å². The zero-order chi connectivity index (χ0) is 11.4. The Labute approximate surface area is 96.1 Å². The zero-order valence-corrected chi connectivity index (χ0v) is 9.77. The molecular weight excluding hydrogens is 198 g/mol. The molecule has 84 valence electrons. The molecule has 3 nitrogen and oxygen atoms in total. The molecule has 0 aliphatic heterocycles. The Bertz CT molecular complexity index is 442. The van der Waals surface area contributed by atoms with Crippen molar-refractivity contribution in [3.05, 3.63) is 53.6 Å².